The van der Waals surface area contributed by atoms with Crippen LogP contribution in [0.25, 0.3) is 0 Å². The minimum atomic E-state index is 0.149. The molecule has 0 atom stereocenters. The van der Waals surface area contributed by atoms with Crippen LogP contribution in [-0.2, 0) is 5.41 Å². The summed E-state index contributed by atoms with van der Waals surface area (Å²) in [5, 5.41) is 0. The van der Waals surface area contributed by atoms with E-state index in [1.165, 1.54) is 50.9 Å². The molecule has 1 aromatic rings. The molecule has 1 heterocycles. The standard InChI is InChI=1S/C18H29NO/c1-18(2,3)16-10-4-5-11-17(16)20-15-9-8-14-19-12-6-7-13-19/h4-5,10-11H,6-9,12-15H2,1-3H3/p+1. The van der Waals surface area contributed by atoms with Crippen LogP contribution in [0.4, 0.5) is 0 Å². The lowest BCUT2D eigenvalue weighted by molar-refractivity contribution is -0.887. The molecular weight excluding hydrogens is 246 g/mol. The summed E-state index contributed by atoms with van der Waals surface area (Å²) in [5.41, 5.74) is 1.46. The van der Waals surface area contributed by atoms with Gasteiger partial charge in [0, 0.05) is 12.8 Å². The number of quaternary nitrogens is 1. The Labute approximate surface area is 124 Å². The highest BCUT2D eigenvalue weighted by Crippen LogP contribution is 2.30. The molecule has 0 aliphatic carbocycles. The lowest BCUT2D eigenvalue weighted by Crippen LogP contribution is -3.09. The van der Waals surface area contributed by atoms with Crippen molar-refractivity contribution in [2.75, 3.05) is 26.2 Å². The molecule has 1 aromatic carbocycles. The first-order valence-corrected chi connectivity index (χ1v) is 8.13. The summed E-state index contributed by atoms with van der Waals surface area (Å²) in [7, 11) is 0. The molecule has 1 N–H and O–H groups in total. The van der Waals surface area contributed by atoms with E-state index in [2.05, 4.69) is 45.0 Å². The molecule has 0 unspecified atom stereocenters. The highest BCUT2D eigenvalue weighted by molar-refractivity contribution is 5.38. The maximum atomic E-state index is 6.02. The lowest BCUT2D eigenvalue weighted by Gasteiger charge is -2.22. The van der Waals surface area contributed by atoms with Gasteiger partial charge in [-0.15, -0.1) is 0 Å². The average molecular weight is 276 g/mol. The summed E-state index contributed by atoms with van der Waals surface area (Å²) in [6.07, 6.45) is 5.30. The van der Waals surface area contributed by atoms with Crippen LogP contribution in [0.1, 0.15) is 52.0 Å². The molecule has 1 saturated heterocycles. The predicted octanol–water partition coefficient (Wildman–Crippen LogP) is 2.82. The van der Waals surface area contributed by atoms with Gasteiger partial charge in [0.2, 0.25) is 0 Å². The molecule has 2 nitrogen and oxygen atoms in total. The number of hydrogen-bond donors (Lipinski definition) is 1. The summed E-state index contributed by atoms with van der Waals surface area (Å²) in [5.74, 6) is 1.06. The highest BCUT2D eigenvalue weighted by Gasteiger charge is 2.18. The number of nitrogens with one attached hydrogen (secondary N) is 1. The second-order valence-corrected chi connectivity index (χ2v) is 7.01. The molecule has 0 spiro atoms. The molecule has 1 aliphatic rings. The number of hydrogen-bond acceptors (Lipinski definition) is 1. The number of benzene rings is 1. The van der Waals surface area contributed by atoms with E-state index in [0.29, 0.717) is 0 Å². The average Bonchev–Trinajstić information content (AvgIpc) is 2.91. The van der Waals surface area contributed by atoms with E-state index in [0.717, 1.165) is 12.4 Å². The first-order valence-electron chi connectivity index (χ1n) is 8.13. The Morgan fingerprint density at radius 2 is 1.75 bits per heavy atom. The van der Waals surface area contributed by atoms with Crippen LogP contribution in [0.15, 0.2) is 24.3 Å². The monoisotopic (exact) mass is 276 g/mol. The molecule has 0 aromatic heterocycles. The van der Waals surface area contributed by atoms with E-state index in [1.54, 1.807) is 4.90 Å². The van der Waals surface area contributed by atoms with Crippen LogP contribution in [0.5, 0.6) is 5.75 Å². The Kier molecular flexibility index (Phi) is 5.47. The van der Waals surface area contributed by atoms with Crippen LogP contribution < -0.4 is 9.64 Å². The van der Waals surface area contributed by atoms with Gasteiger partial charge >= 0.3 is 0 Å². The molecule has 1 aliphatic heterocycles. The van der Waals surface area contributed by atoms with Crippen LogP contribution in [-0.4, -0.2) is 26.2 Å². The van der Waals surface area contributed by atoms with Gasteiger partial charge in [-0.05, 0) is 29.9 Å². The summed E-state index contributed by atoms with van der Waals surface area (Å²) < 4.78 is 6.02. The van der Waals surface area contributed by atoms with Gasteiger partial charge in [0.15, 0.2) is 0 Å². The molecule has 112 valence electrons. The number of para-hydroxylation sites is 1. The normalized spacial score (nSPS) is 16.6. The third-order valence-corrected chi connectivity index (χ3v) is 4.19. The maximum Gasteiger partial charge on any atom is 0.123 e. The molecule has 1 fully saturated rings. The number of ether oxygens (including phenoxy) is 1. The van der Waals surface area contributed by atoms with Gasteiger partial charge in [0.05, 0.1) is 26.2 Å². The van der Waals surface area contributed by atoms with Crippen molar-refractivity contribution in [1.82, 2.24) is 0 Å². The number of rotatable bonds is 6. The Balaban J connectivity index is 1.73. The van der Waals surface area contributed by atoms with Gasteiger partial charge in [0.1, 0.15) is 5.75 Å². The lowest BCUT2D eigenvalue weighted by atomic mass is 9.86. The van der Waals surface area contributed by atoms with Crippen molar-refractivity contribution in [3.63, 3.8) is 0 Å². The zero-order valence-corrected chi connectivity index (χ0v) is 13.4. The van der Waals surface area contributed by atoms with Gasteiger partial charge in [0.25, 0.3) is 0 Å². The van der Waals surface area contributed by atoms with E-state index < -0.39 is 0 Å². The molecule has 20 heavy (non-hydrogen) atoms. The molecular formula is C18H30NO+. The Hall–Kier alpha value is -1.02. The van der Waals surface area contributed by atoms with E-state index in [1.807, 2.05) is 0 Å². The summed E-state index contributed by atoms with van der Waals surface area (Å²) in [6.45, 7) is 11.7. The Morgan fingerprint density at radius 1 is 1.05 bits per heavy atom. The Morgan fingerprint density at radius 3 is 2.45 bits per heavy atom. The fraction of sp³-hybridized carbons (Fsp3) is 0.667. The largest absolute Gasteiger partial charge is 0.493 e. The van der Waals surface area contributed by atoms with Crippen molar-refractivity contribution in [2.24, 2.45) is 0 Å². The minimum Gasteiger partial charge on any atom is -0.493 e. The minimum absolute atomic E-state index is 0.149. The molecule has 0 bridgehead atoms. The quantitative estimate of drug-likeness (QED) is 0.789. The number of unbranched alkanes of at least 4 members (excludes halogenated alkanes) is 1. The van der Waals surface area contributed by atoms with Crippen molar-refractivity contribution in [3.8, 4) is 5.75 Å². The fourth-order valence-electron chi connectivity index (χ4n) is 3.00. The van der Waals surface area contributed by atoms with Crippen molar-refractivity contribution in [3.05, 3.63) is 29.8 Å². The number of likely N-dealkylation sites (tertiary alicyclic amines) is 1. The SMILES string of the molecule is CC(C)(C)c1ccccc1OCCCC[NH+]1CCCC1. The maximum absolute atomic E-state index is 6.02. The van der Waals surface area contributed by atoms with E-state index in [4.69, 9.17) is 4.74 Å². The summed E-state index contributed by atoms with van der Waals surface area (Å²) >= 11 is 0. The van der Waals surface area contributed by atoms with Crippen molar-refractivity contribution < 1.29 is 9.64 Å². The predicted molar refractivity (Wildman–Crippen MR) is 84.7 cm³/mol. The molecule has 2 rings (SSSR count). The van der Waals surface area contributed by atoms with Gasteiger partial charge < -0.3 is 9.64 Å². The van der Waals surface area contributed by atoms with Crippen LogP contribution in [0, 0.1) is 0 Å². The second kappa shape index (κ2) is 7.12. The van der Waals surface area contributed by atoms with Gasteiger partial charge in [-0.2, -0.15) is 0 Å². The third-order valence-electron chi connectivity index (χ3n) is 4.19. The van der Waals surface area contributed by atoms with Crippen molar-refractivity contribution in [2.45, 2.75) is 51.9 Å². The highest BCUT2D eigenvalue weighted by atomic mass is 16.5. The molecule has 0 amide bonds. The van der Waals surface area contributed by atoms with Crippen LogP contribution >= 0.6 is 0 Å². The molecule has 2 heteroatoms. The van der Waals surface area contributed by atoms with Crippen LogP contribution in [0.2, 0.25) is 0 Å². The van der Waals surface area contributed by atoms with Crippen LogP contribution in [0.3, 0.4) is 0 Å². The van der Waals surface area contributed by atoms with Crippen molar-refractivity contribution >= 4 is 0 Å². The second-order valence-electron chi connectivity index (χ2n) is 7.01. The third kappa shape index (κ3) is 4.52. The van der Waals surface area contributed by atoms with E-state index >= 15 is 0 Å². The molecule has 0 radical (unpaired) electrons. The van der Waals surface area contributed by atoms with Crippen molar-refractivity contribution in [1.29, 1.82) is 0 Å². The summed E-state index contributed by atoms with van der Waals surface area (Å²) in [4.78, 5) is 1.79. The van der Waals surface area contributed by atoms with Gasteiger partial charge in [-0.3, -0.25) is 0 Å². The molecule has 0 saturated carbocycles. The first-order chi connectivity index (χ1) is 9.57. The zero-order chi connectivity index (χ0) is 14.4. The fourth-order valence-corrected chi connectivity index (χ4v) is 3.00. The van der Waals surface area contributed by atoms with E-state index in [-0.39, 0.29) is 5.41 Å². The van der Waals surface area contributed by atoms with Gasteiger partial charge in [-0.1, -0.05) is 39.0 Å². The smallest absolute Gasteiger partial charge is 0.123 e. The topological polar surface area (TPSA) is 13.7 Å². The van der Waals surface area contributed by atoms with Gasteiger partial charge in [-0.25, -0.2) is 0 Å². The first kappa shape index (κ1) is 15.4. The summed E-state index contributed by atoms with van der Waals surface area (Å²) in [6, 6.07) is 8.46. The Bertz CT molecular complexity index is 402. The van der Waals surface area contributed by atoms with E-state index in [9.17, 15) is 0 Å². The zero-order valence-electron chi connectivity index (χ0n) is 13.4.